The molecule has 0 bridgehead atoms. The summed E-state index contributed by atoms with van der Waals surface area (Å²) in [5, 5.41) is 3.55. The first-order valence-corrected chi connectivity index (χ1v) is 8.84. The van der Waals surface area contributed by atoms with Crippen molar-refractivity contribution in [2.75, 3.05) is 5.32 Å². The first-order chi connectivity index (χ1) is 12.8. The van der Waals surface area contributed by atoms with Gasteiger partial charge in [-0.2, -0.15) is 0 Å². The van der Waals surface area contributed by atoms with Crippen LogP contribution in [0, 0.1) is 5.82 Å². The van der Waals surface area contributed by atoms with Crippen LogP contribution in [0.4, 0.5) is 10.3 Å². The monoisotopic (exact) mass is 343 g/mol. The Labute approximate surface area is 151 Å². The molecule has 0 amide bonds. The van der Waals surface area contributed by atoms with Crippen LogP contribution in [0.3, 0.4) is 0 Å². The van der Waals surface area contributed by atoms with Crippen LogP contribution in [-0.4, -0.2) is 9.55 Å². The van der Waals surface area contributed by atoms with Gasteiger partial charge in [0.25, 0.3) is 0 Å². The quantitative estimate of drug-likeness (QED) is 0.534. The first kappa shape index (κ1) is 15.1. The second-order valence-corrected chi connectivity index (χ2v) is 6.67. The van der Waals surface area contributed by atoms with Crippen molar-refractivity contribution in [3.8, 4) is 0 Å². The molecule has 1 aromatic heterocycles. The minimum absolute atomic E-state index is 0.0881. The molecule has 3 nitrogen and oxygen atoms in total. The maximum absolute atomic E-state index is 14.6. The van der Waals surface area contributed by atoms with Gasteiger partial charge in [-0.3, -0.25) is 0 Å². The van der Waals surface area contributed by atoms with Crippen LogP contribution in [0.1, 0.15) is 29.6 Å². The summed E-state index contributed by atoms with van der Waals surface area (Å²) >= 11 is 0. The van der Waals surface area contributed by atoms with Crippen LogP contribution in [0.5, 0.6) is 0 Å². The second-order valence-electron chi connectivity index (χ2n) is 6.67. The molecule has 0 unspecified atom stereocenters. The van der Waals surface area contributed by atoms with Crippen LogP contribution in [-0.2, 0) is 0 Å². The zero-order valence-corrected chi connectivity index (χ0v) is 14.1. The molecule has 0 radical (unpaired) electrons. The molecule has 0 saturated carbocycles. The molecular weight excluding hydrogens is 325 g/mol. The van der Waals surface area contributed by atoms with E-state index in [4.69, 9.17) is 4.98 Å². The zero-order chi connectivity index (χ0) is 17.5. The van der Waals surface area contributed by atoms with E-state index in [-0.39, 0.29) is 17.9 Å². The van der Waals surface area contributed by atoms with Gasteiger partial charge in [0, 0.05) is 5.56 Å². The van der Waals surface area contributed by atoms with Gasteiger partial charge in [0.1, 0.15) is 5.82 Å². The third-order valence-electron chi connectivity index (χ3n) is 5.14. The van der Waals surface area contributed by atoms with Crippen molar-refractivity contribution < 1.29 is 4.39 Å². The van der Waals surface area contributed by atoms with E-state index < -0.39 is 0 Å². The van der Waals surface area contributed by atoms with E-state index in [0.29, 0.717) is 5.56 Å². The van der Waals surface area contributed by atoms with Crippen molar-refractivity contribution in [2.45, 2.75) is 18.5 Å². The number of aromatic nitrogens is 2. The van der Waals surface area contributed by atoms with Crippen molar-refractivity contribution in [2.24, 2.45) is 0 Å². The Morgan fingerprint density at radius 2 is 1.62 bits per heavy atom. The van der Waals surface area contributed by atoms with Crippen molar-refractivity contribution >= 4 is 17.0 Å². The number of anilines is 1. The van der Waals surface area contributed by atoms with Crippen molar-refractivity contribution in [1.29, 1.82) is 0 Å². The van der Waals surface area contributed by atoms with Crippen LogP contribution >= 0.6 is 0 Å². The minimum Gasteiger partial charge on any atom is -0.349 e. The van der Waals surface area contributed by atoms with Gasteiger partial charge in [0.05, 0.1) is 23.1 Å². The number of imidazole rings is 1. The third kappa shape index (κ3) is 2.37. The van der Waals surface area contributed by atoms with Gasteiger partial charge < -0.3 is 9.88 Å². The number of halogens is 1. The topological polar surface area (TPSA) is 29.9 Å². The molecule has 5 rings (SSSR count). The van der Waals surface area contributed by atoms with E-state index in [1.165, 1.54) is 11.6 Å². The molecule has 0 saturated heterocycles. The highest BCUT2D eigenvalue weighted by atomic mass is 19.1. The number of benzene rings is 3. The molecule has 0 spiro atoms. The first-order valence-electron chi connectivity index (χ1n) is 8.84. The summed E-state index contributed by atoms with van der Waals surface area (Å²) in [6, 6.07) is 25.3. The Balaban J connectivity index is 1.71. The number of para-hydroxylation sites is 2. The lowest BCUT2D eigenvalue weighted by atomic mass is 9.92. The number of nitrogens with one attached hydrogen (secondary N) is 1. The maximum Gasteiger partial charge on any atom is 0.204 e. The Bertz CT molecular complexity index is 1070. The number of nitrogens with zero attached hydrogens (tertiary/aromatic N) is 2. The lowest BCUT2D eigenvalue weighted by Gasteiger charge is -2.33. The van der Waals surface area contributed by atoms with Crippen LogP contribution in [0.25, 0.3) is 11.0 Å². The highest BCUT2D eigenvalue weighted by molar-refractivity contribution is 5.79. The Morgan fingerprint density at radius 3 is 2.46 bits per heavy atom. The molecule has 0 aliphatic carbocycles. The standard InChI is InChI=1S/C22H18FN3/c23-17-11-5-4-10-16(17)21-14-19(15-8-2-1-3-9-15)25-22-24-18-12-6-7-13-20(18)26(21)22/h1-13,19,21H,14H2,(H,24,25)/t19-,21-/m1/s1. The van der Waals surface area contributed by atoms with Gasteiger partial charge in [0.2, 0.25) is 5.95 Å². The largest absolute Gasteiger partial charge is 0.349 e. The van der Waals surface area contributed by atoms with Gasteiger partial charge in [-0.1, -0.05) is 60.7 Å². The van der Waals surface area contributed by atoms with Gasteiger partial charge >= 0.3 is 0 Å². The van der Waals surface area contributed by atoms with Crippen molar-refractivity contribution in [3.63, 3.8) is 0 Å². The Morgan fingerprint density at radius 1 is 0.885 bits per heavy atom. The van der Waals surface area contributed by atoms with E-state index in [1.807, 2.05) is 54.6 Å². The zero-order valence-electron chi connectivity index (χ0n) is 14.1. The normalized spacial score (nSPS) is 19.1. The fraction of sp³-hybridized carbons (Fsp3) is 0.136. The summed E-state index contributed by atoms with van der Waals surface area (Å²) < 4.78 is 16.8. The smallest absolute Gasteiger partial charge is 0.204 e. The summed E-state index contributed by atoms with van der Waals surface area (Å²) in [6.45, 7) is 0. The summed E-state index contributed by atoms with van der Waals surface area (Å²) in [6.07, 6.45) is 0.762. The molecule has 2 heterocycles. The van der Waals surface area contributed by atoms with E-state index in [9.17, 15) is 4.39 Å². The summed E-state index contributed by atoms with van der Waals surface area (Å²) in [5.74, 6) is 0.620. The van der Waals surface area contributed by atoms with E-state index in [0.717, 1.165) is 23.4 Å². The van der Waals surface area contributed by atoms with Gasteiger partial charge in [-0.25, -0.2) is 9.37 Å². The molecule has 1 aliphatic rings. The van der Waals surface area contributed by atoms with Crippen molar-refractivity contribution in [3.05, 3.63) is 95.8 Å². The number of hydrogen-bond acceptors (Lipinski definition) is 2. The SMILES string of the molecule is Fc1ccccc1[C@H]1C[C@H](c2ccccc2)Nc2nc3ccccc3n21. The molecule has 128 valence electrons. The van der Waals surface area contributed by atoms with Crippen LogP contribution < -0.4 is 5.32 Å². The summed E-state index contributed by atoms with van der Waals surface area (Å²) in [7, 11) is 0. The fourth-order valence-electron chi connectivity index (χ4n) is 3.92. The minimum atomic E-state index is -0.171. The van der Waals surface area contributed by atoms with E-state index in [1.54, 1.807) is 6.07 Å². The molecule has 1 N–H and O–H groups in total. The summed E-state index contributed by atoms with van der Waals surface area (Å²) in [5.41, 5.74) is 3.84. The predicted molar refractivity (Wildman–Crippen MR) is 102 cm³/mol. The summed E-state index contributed by atoms with van der Waals surface area (Å²) in [4.78, 5) is 4.76. The Kier molecular flexibility index (Phi) is 3.49. The fourth-order valence-corrected chi connectivity index (χ4v) is 3.92. The molecule has 3 aromatic carbocycles. The number of fused-ring (bicyclic) bond motifs is 3. The van der Waals surface area contributed by atoms with E-state index in [2.05, 4.69) is 22.0 Å². The molecule has 0 fully saturated rings. The molecule has 26 heavy (non-hydrogen) atoms. The molecule has 4 heteroatoms. The molecule has 2 atom stereocenters. The lowest BCUT2D eigenvalue weighted by molar-refractivity contribution is 0.457. The predicted octanol–water partition coefficient (Wildman–Crippen LogP) is 5.32. The highest BCUT2D eigenvalue weighted by Gasteiger charge is 2.32. The highest BCUT2D eigenvalue weighted by Crippen LogP contribution is 2.41. The molecule has 1 aliphatic heterocycles. The molecular formula is C22H18FN3. The average molecular weight is 343 g/mol. The number of rotatable bonds is 2. The van der Waals surface area contributed by atoms with Gasteiger partial charge in [-0.15, -0.1) is 0 Å². The average Bonchev–Trinajstić information content (AvgIpc) is 3.07. The van der Waals surface area contributed by atoms with E-state index >= 15 is 0 Å². The van der Waals surface area contributed by atoms with Gasteiger partial charge in [0.15, 0.2) is 0 Å². The molecule has 4 aromatic rings. The third-order valence-corrected chi connectivity index (χ3v) is 5.14. The van der Waals surface area contributed by atoms with Crippen molar-refractivity contribution in [1.82, 2.24) is 9.55 Å². The lowest BCUT2D eigenvalue weighted by Crippen LogP contribution is -2.27. The van der Waals surface area contributed by atoms with Crippen LogP contribution in [0.2, 0.25) is 0 Å². The second kappa shape index (κ2) is 5.99. The maximum atomic E-state index is 14.6. The van der Waals surface area contributed by atoms with Gasteiger partial charge in [-0.05, 0) is 30.2 Å². The Hall–Kier alpha value is -3.14. The van der Waals surface area contributed by atoms with Crippen LogP contribution in [0.15, 0.2) is 78.9 Å². The number of hydrogen-bond donors (Lipinski definition) is 1.